The lowest BCUT2D eigenvalue weighted by Crippen LogP contribution is -2.16. The maximum atomic E-state index is 11.4. The van der Waals surface area contributed by atoms with Crippen LogP contribution in [-0.2, 0) is 4.79 Å². The van der Waals surface area contributed by atoms with Gasteiger partial charge in [-0.3, -0.25) is 4.79 Å². The minimum atomic E-state index is -0.735. The van der Waals surface area contributed by atoms with Crippen molar-refractivity contribution in [3.63, 3.8) is 0 Å². The molecule has 5 N–H and O–H groups in total. The second-order valence-electron chi connectivity index (χ2n) is 5.90. The molecule has 1 aromatic rings. The molecule has 0 aliphatic carbocycles. The van der Waals surface area contributed by atoms with Crippen molar-refractivity contribution in [1.82, 2.24) is 0 Å². The van der Waals surface area contributed by atoms with E-state index in [9.17, 15) is 9.90 Å². The molecule has 150 valence electrons. The van der Waals surface area contributed by atoms with Crippen LogP contribution in [0.25, 0.3) is 0 Å². The molecule has 0 saturated heterocycles. The Hall–Kier alpha value is -1.28. The Morgan fingerprint density at radius 2 is 1.73 bits per heavy atom. The normalized spacial score (nSPS) is 11.4. The molecule has 0 aliphatic rings. The highest BCUT2D eigenvalue weighted by Gasteiger charge is 2.18. The van der Waals surface area contributed by atoms with Crippen molar-refractivity contribution in [3.05, 3.63) is 24.3 Å². The molecule has 1 aromatic carbocycles. The number of carboxylic acids is 1. The first-order valence-corrected chi connectivity index (χ1v) is 10.0. The van der Waals surface area contributed by atoms with Gasteiger partial charge in [0.05, 0.1) is 6.61 Å². The summed E-state index contributed by atoms with van der Waals surface area (Å²) in [6, 6.07) is 7.64. The van der Waals surface area contributed by atoms with Gasteiger partial charge in [0.2, 0.25) is 0 Å². The van der Waals surface area contributed by atoms with Crippen molar-refractivity contribution in [2.75, 3.05) is 13.2 Å². The first kappa shape index (κ1) is 24.7. The summed E-state index contributed by atoms with van der Waals surface area (Å²) >= 11 is 1.42. The predicted molar refractivity (Wildman–Crippen MR) is 105 cm³/mol. The van der Waals surface area contributed by atoms with Gasteiger partial charge in [-0.2, -0.15) is 0 Å². The average molecular weight is 388 g/mol. The zero-order valence-corrected chi connectivity index (χ0v) is 16.4. The topological polar surface area (TPSA) is 113 Å². The molecule has 0 heterocycles. The Morgan fingerprint density at radius 3 is 2.31 bits per heavy atom. The van der Waals surface area contributed by atoms with Crippen molar-refractivity contribution >= 4 is 17.7 Å². The van der Waals surface area contributed by atoms with Gasteiger partial charge in [0.15, 0.2) is 0 Å². The van der Waals surface area contributed by atoms with Crippen LogP contribution in [0.5, 0.6) is 5.75 Å². The van der Waals surface area contributed by atoms with Gasteiger partial charge in [-0.05, 0) is 49.9 Å². The van der Waals surface area contributed by atoms with E-state index in [0.717, 1.165) is 49.2 Å². The molecular formula is C19H33NO5S. The minimum Gasteiger partial charge on any atom is -0.494 e. The molecule has 0 fully saturated rings. The highest BCUT2D eigenvalue weighted by molar-refractivity contribution is 8.00. The van der Waals surface area contributed by atoms with Crippen LogP contribution in [0.3, 0.4) is 0 Å². The SMILES string of the molecule is CCCCCCC(Sc1ccc(OCCCCCO)cc1)C(=O)O.NO. The number of carboxylic acid groups (broad SMARTS) is 1. The van der Waals surface area contributed by atoms with Crippen molar-refractivity contribution < 1.29 is 25.0 Å². The summed E-state index contributed by atoms with van der Waals surface area (Å²) in [4.78, 5) is 12.4. The van der Waals surface area contributed by atoms with Gasteiger partial charge >= 0.3 is 5.97 Å². The number of unbranched alkanes of at least 4 members (excludes halogenated alkanes) is 5. The zero-order chi connectivity index (χ0) is 19.6. The number of rotatable bonds is 14. The van der Waals surface area contributed by atoms with Gasteiger partial charge in [-0.25, -0.2) is 5.90 Å². The van der Waals surface area contributed by atoms with Crippen LogP contribution in [0.15, 0.2) is 29.2 Å². The van der Waals surface area contributed by atoms with Gasteiger partial charge in [0.1, 0.15) is 11.0 Å². The summed E-state index contributed by atoms with van der Waals surface area (Å²) in [5, 5.41) is 24.2. The van der Waals surface area contributed by atoms with E-state index < -0.39 is 5.97 Å². The fraction of sp³-hybridized carbons (Fsp3) is 0.632. The quantitative estimate of drug-likeness (QED) is 0.216. The lowest BCUT2D eigenvalue weighted by molar-refractivity contribution is -0.136. The monoisotopic (exact) mass is 387 g/mol. The minimum absolute atomic E-state index is 0.231. The van der Waals surface area contributed by atoms with E-state index in [1.165, 1.54) is 18.2 Å². The number of hydrogen-bond acceptors (Lipinski definition) is 6. The molecule has 1 rings (SSSR count). The highest BCUT2D eigenvalue weighted by atomic mass is 32.2. The number of nitrogens with two attached hydrogens (primary N) is 1. The van der Waals surface area contributed by atoms with Crippen molar-refractivity contribution in [3.8, 4) is 5.75 Å². The lowest BCUT2D eigenvalue weighted by atomic mass is 10.1. The van der Waals surface area contributed by atoms with Gasteiger partial charge in [0.25, 0.3) is 0 Å². The number of aliphatic hydroxyl groups is 1. The molecule has 0 saturated carbocycles. The molecular weight excluding hydrogens is 354 g/mol. The molecule has 1 atom stereocenters. The third-order valence-corrected chi connectivity index (χ3v) is 5.03. The second kappa shape index (κ2) is 17.1. The third kappa shape index (κ3) is 12.1. The summed E-state index contributed by atoms with van der Waals surface area (Å²) in [6.07, 6.45) is 7.81. The number of benzene rings is 1. The van der Waals surface area contributed by atoms with E-state index in [2.05, 4.69) is 12.8 Å². The first-order chi connectivity index (χ1) is 12.7. The number of thioether (sulfide) groups is 1. The van der Waals surface area contributed by atoms with Crippen LogP contribution in [0, 0.1) is 0 Å². The van der Waals surface area contributed by atoms with E-state index in [0.29, 0.717) is 13.0 Å². The molecule has 0 radical (unpaired) electrons. The second-order valence-corrected chi connectivity index (χ2v) is 7.17. The molecule has 0 aliphatic heterocycles. The summed E-state index contributed by atoms with van der Waals surface area (Å²) in [7, 11) is 0. The molecule has 7 heteroatoms. The molecule has 0 bridgehead atoms. The Kier molecular flexibility index (Phi) is 16.3. The van der Waals surface area contributed by atoms with Gasteiger partial charge < -0.3 is 20.2 Å². The van der Waals surface area contributed by atoms with Gasteiger partial charge in [-0.15, -0.1) is 11.8 Å². The molecule has 26 heavy (non-hydrogen) atoms. The van der Waals surface area contributed by atoms with Crippen LogP contribution in [0.2, 0.25) is 0 Å². The fourth-order valence-corrected chi connectivity index (χ4v) is 3.36. The Bertz CT molecular complexity index is 456. The maximum Gasteiger partial charge on any atom is 0.316 e. The number of carbonyl (C=O) groups is 1. The summed E-state index contributed by atoms with van der Waals surface area (Å²) in [5.41, 5.74) is 0. The maximum absolute atomic E-state index is 11.4. The number of hydrogen-bond donors (Lipinski definition) is 4. The zero-order valence-electron chi connectivity index (χ0n) is 15.6. The van der Waals surface area contributed by atoms with E-state index in [1.807, 2.05) is 24.3 Å². The molecule has 0 amide bonds. The lowest BCUT2D eigenvalue weighted by Gasteiger charge is -2.12. The highest BCUT2D eigenvalue weighted by Crippen LogP contribution is 2.28. The number of aliphatic carboxylic acids is 1. The van der Waals surface area contributed by atoms with Crippen LogP contribution in [0.1, 0.15) is 58.3 Å². The largest absolute Gasteiger partial charge is 0.494 e. The molecule has 0 aromatic heterocycles. The molecule has 6 nitrogen and oxygen atoms in total. The summed E-state index contributed by atoms with van der Waals surface area (Å²) in [5.74, 6) is 3.57. The first-order valence-electron chi connectivity index (χ1n) is 9.16. The van der Waals surface area contributed by atoms with E-state index in [1.54, 1.807) is 0 Å². The van der Waals surface area contributed by atoms with Crippen molar-refractivity contribution in [2.24, 2.45) is 5.90 Å². The van der Waals surface area contributed by atoms with Crippen LogP contribution >= 0.6 is 11.8 Å². The smallest absolute Gasteiger partial charge is 0.316 e. The molecule has 0 spiro atoms. The molecule has 1 unspecified atom stereocenters. The van der Waals surface area contributed by atoms with Gasteiger partial charge in [-0.1, -0.05) is 32.6 Å². The summed E-state index contributed by atoms with van der Waals surface area (Å²) < 4.78 is 5.64. The number of aliphatic hydroxyl groups excluding tert-OH is 1. The van der Waals surface area contributed by atoms with Crippen LogP contribution in [-0.4, -0.2) is 39.9 Å². The van der Waals surface area contributed by atoms with E-state index >= 15 is 0 Å². The number of ether oxygens (including phenoxy) is 1. The van der Waals surface area contributed by atoms with E-state index in [4.69, 9.17) is 15.1 Å². The van der Waals surface area contributed by atoms with Crippen molar-refractivity contribution in [2.45, 2.75) is 68.4 Å². The predicted octanol–water partition coefficient (Wildman–Crippen LogP) is 4.08. The van der Waals surface area contributed by atoms with Crippen molar-refractivity contribution in [1.29, 1.82) is 0 Å². The van der Waals surface area contributed by atoms with Gasteiger partial charge in [0, 0.05) is 11.5 Å². The summed E-state index contributed by atoms with van der Waals surface area (Å²) in [6.45, 7) is 3.02. The third-order valence-electron chi connectivity index (χ3n) is 3.77. The van der Waals surface area contributed by atoms with E-state index in [-0.39, 0.29) is 11.9 Å². The average Bonchev–Trinajstić information content (AvgIpc) is 2.66. The van der Waals surface area contributed by atoms with Crippen LogP contribution in [0.4, 0.5) is 0 Å². The Morgan fingerprint density at radius 1 is 1.08 bits per heavy atom. The fourth-order valence-electron chi connectivity index (χ4n) is 2.35. The Labute approximate surface area is 160 Å². The standard InChI is InChI=1S/C19H30O4S.H3NO/c1-2-3-4-6-9-18(19(21)22)24-17-12-10-16(11-13-17)23-15-8-5-7-14-20;1-2/h10-13,18,20H,2-9,14-15H2,1H3,(H,21,22);2H,1H2. The Balaban J connectivity index is 0.00000301. The van der Waals surface area contributed by atoms with Crippen LogP contribution < -0.4 is 10.6 Å².